The van der Waals surface area contributed by atoms with Gasteiger partial charge in [0.25, 0.3) is 0 Å². The number of hydrogen-bond donors (Lipinski definition) is 3. The van der Waals surface area contributed by atoms with Gasteiger partial charge in [0, 0.05) is 6.42 Å². The van der Waals surface area contributed by atoms with E-state index in [2.05, 4.69) is 10.5 Å². The monoisotopic (exact) mass is 213 g/mol. The molecule has 0 heterocycles. The fraction of sp³-hybridized carbons (Fsp3) is 0.909. The van der Waals surface area contributed by atoms with Crippen LogP contribution in [-0.4, -0.2) is 24.1 Å². The van der Waals surface area contributed by atoms with E-state index in [9.17, 15) is 0 Å². The fourth-order valence-electron chi connectivity index (χ4n) is 1.82. The highest BCUT2D eigenvalue weighted by Gasteiger charge is 2.15. The van der Waals surface area contributed by atoms with E-state index in [-0.39, 0.29) is 0 Å². The summed E-state index contributed by atoms with van der Waals surface area (Å²) in [7, 11) is 0. The molecule has 0 aromatic carbocycles. The van der Waals surface area contributed by atoms with E-state index in [4.69, 9.17) is 10.9 Å². The van der Waals surface area contributed by atoms with Gasteiger partial charge in [0.15, 0.2) is 0 Å². The van der Waals surface area contributed by atoms with Crippen LogP contribution in [0.25, 0.3) is 0 Å². The Morgan fingerprint density at radius 2 is 2.13 bits per heavy atom. The van der Waals surface area contributed by atoms with Gasteiger partial charge in [-0.05, 0) is 38.3 Å². The second-order valence-electron chi connectivity index (χ2n) is 4.38. The lowest BCUT2D eigenvalue weighted by Crippen LogP contribution is -2.22. The van der Waals surface area contributed by atoms with E-state index < -0.39 is 0 Å². The van der Waals surface area contributed by atoms with Crippen LogP contribution in [-0.2, 0) is 0 Å². The Kier molecular flexibility index (Phi) is 6.16. The summed E-state index contributed by atoms with van der Waals surface area (Å²) in [5.74, 6) is 1.33. The summed E-state index contributed by atoms with van der Waals surface area (Å²) < 4.78 is 0. The lowest BCUT2D eigenvalue weighted by atomic mass is 9.83. The molecule has 4 N–H and O–H groups in total. The maximum Gasteiger partial charge on any atom is 0.139 e. The van der Waals surface area contributed by atoms with Crippen LogP contribution in [0.4, 0.5) is 0 Å². The molecule has 0 amide bonds. The first-order chi connectivity index (χ1) is 7.33. The van der Waals surface area contributed by atoms with Crippen LogP contribution in [0.2, 0.25) is 0 Å². The van der Waals surface area contributed by atoms with E-state index in [1.807, 2.05) is 0 Å². The number of nitrogens with zero attached hydrogens (tertiary/aromatic N) is 1. The molecule has 0 radical (unpaired) electrons. The molecule has 0 aliphatic heterocycles. The zero-order valence-electron chi connectivity index (χ0n) is 9.41. The molecule has 0 aromatic rings. The molecule has 1 saturated carbocycles. The molecule has 1 fully saturated rings. The van der Waals surface area contributed by atoms with E-state index in [1.54, 1.807) is 0 Å². The van der Waals surface area contributed by atoms with Crippen LogP contribution in [0.5, 0.6) is 0 Å². The lowest BCUT2D eigenvalue weighted by molar-refractivity contribution is 0.292. The predicted molar refractivity (Wildman–Crippen MR) is 62.1 cm³/mol. The highest BCUT2D eigenvalue weighted by molar-refractivity contribution is 5.79. The number of oxime groups is 1. The molecule has 1 aliphatic carbocycles. The Hall–Kier alpha value is -0.770. The summed E-state index contributed by atoms with van der Waals surface area (Å²) in [5.41, 5.74) is 5.36. The van der Waals surface area contributed by atoms with Gasteiger partial charge in [-0.2, -0.15) is 0 Å². The molecule has 0 bridgehead atoms. The zero-order valence-corrected chi connectivity index (χ0v) is 9.41. The van der Waals surface area contributed by atoms with Gasteiger partial charge in [-0.1, -0.05) is 24.4 Å². The van der Waals surface area contributed by atoms with E-state index in [1.165, 1.54) is 25.7 Å². The van der Waals surface area contributed by atoms with Crippen molar-refractivity contribution >= 4 is 5.84 Å². The van der Waals surface area contributed by atoms with Gasteiger partial charge < -0.3 is 16.3 Å². The molecular weight excluding hydrogens is 190 g/mol. The molecule has 4 heteroatoms. The van der Waals surface area contributed by atoms with Crippen molar-refractivity contribution in [3.05, 3.63) is 0 Å². The van der Waals surface area contributed by atoms with Crippen molar-refractivity contribution in [2.75, 3.05) is 13.1 Å². The maximum atomic E-state index is 8.32. The molecule has 4 nitrogen and oxygen atoms in total. The molecule has 0 spiro atoms. The highest BCUT2D eigenvalue weighted by atomic mass is 16.4. The summed E-state index contributed by atoms with van der Waals surface area (Å²) in [6, 6.07) is 0. The number of amidine groups is 1. The fourth-order valence-corrected chi connectivity index (χ4v) is 1.82. The standard InChI is InChI=1S/C11H23N3O/c12-11(14-15)6-1-2-8-13-9-7-10-4-3-5-10/h10,13,15H,1-9H2,(H2,12,14). The number of nitrogens with one attached hydrogen (secondary N) is 1. The summed E-state index contributed by atoms with van der Waals surface area (Å²) in [4.78, 5) is 0. The Morgan fingerprint density at radius 1 is 1.33 bits per heavy atom. The molecule has 0 unspecified atom stereocenters. The van der Waals surface area contributed by atoms with Crippen LogP contribution in [0.15, 0.2) is 5.16 Å². The van der Waals surface area contributed by atoms with Crippen molar-refractivity contribution in [1.82, 2.24) is 5.32 Å². The molecule has 1 rings (SSSR count). The van der Waals surface area contributed by atoms with Crippen LogP contribution in [0.3, 0.4) is 0 Å². The molecule has 0 saturated heterocycles. The Morgan fingerprint density at radius 3 is 2.73 bits per heavy atom. The highest BCUT2D eigenvalue weighted by Crippen LogP contribution is 2.28. The van der Waals surface area contributed by atoms with Gasteiger partial charge in [0.1, 0.15) is 5.84 Å². The molecular formula is C11H23N3O. The predicted octanol–water partition coefficient (Wildman–Crippen LogP) is 1.68. The molecule has 1 aliphatic rings. The minimum atomic E-state index is 0.337. The van der Waals surface area contributed by atoms with Crippen molar-refractivity contribution in [2.45, 2.75) is 44.9 Å². The van der Waals surface area contributed by atoms with Gasteiger partial charge in [-0.15, -0.1) is 0 Å². The molecule has 0 aromatic heterocycles. The van der Waals surface area contributed by atoms with Gasteiger partial charge in [-0.3, -0.25) is 0 Å². The minimum Gasteiger partial charge on any atom is -0.409 e. The van der Waals surface area contributed by atoms with E-state index in [0.717, 1.165) is 31.8 Å². The van der Waals surface area contributed by atoms with Crippen LogP contribution in [0.1, 0.15) is 44.9 Å². The SMILES string of the molecule is NC(CCCCNCCC1CCC1)=NO. The third-order valence-electron chi connectivity index (χ3n) is 3.12. The van der Waals surface area contributed by atoms with Crippen molar-refractivity contribution in [1.29, 1.82) is 0 Å². The first-order valence-electron chi connectivity index (χ1n) is 6.00. The van der Waals surface area contributed by atoms with Crippen LogP contribution < -0.4 is 11.1 Å². The van der Waals surface area contributed by atoms with Gasteiger partial charge in [0.05, 0.1) is 0 Å². The molecule has 15 heavy (non-hydrogen) atoms. The van der Waals surface area contributed by atoms with Crippen LogP contribution >= 0.6 is 0 Å². The lowest BCUT2D eigenvalue weighted by Gasteiger charge is -2.25. The topological polar surface area (TPSA) is 70.6 Å². The number of hydrogen-bond acceptors (Lipinski definition) is 3. The summed E-state index contributed by atoms with van der Waals surface area (Å²) in [5, 5.41) is 14.7. The van der Waals surface area contributed by atoms with Crippen molar-refractivity contribution in [3.8, 4) is 0 Å². The third-order valence-corrected chi connectivity index (χ3v) is 3.12. The summed E-state index contributed by atoms with van der Waals surface area (Å²) in [6.45, 7) is 2.19. The summed E-state index contributed by atoms with van der Waals surface area (Å²) >= 11 is 0. The van der Waals surface area contributed by atoms with Gasteiger partial charge >= 0.3 is 0 Å². The largest absolute Gasteiger partial charge is 0.409 e. The zero-order chi connectivity index (χ0) is 10.9. The van der Waals surface area contributed by atoms with Gasteiger partial charge in [-0.25, -0.2) is 0 Å². The molecule has 0 atom stereocenters. The Labute approximate surface area is 91.9 Å². The third kappa shape index (κ3) is 5.62. The number of unbranched alkanes of at least 4 members (excludes halogenated alkanes) is 1. The van der Waals surface area contributed by atoms with Crippen molar-refractivity contribution < 1.29 is 5.21 Å². The van der Waals surface area contributed by atoms with E-state index in [0.29, 0.717) is 12.3 Å². The Balaban J connectivity index is 1.76. The van der Waals surface area contributed by atoms with Crippen molar-refractivity contribution in [3.63, 3.8) is 0 Å². The number of rotatable bonds is 8. The second-order valence-corrected chi connectivity index (χ2v) is 4.38. The van der Waals surface area contributed by atoms with Crippen molar-refractivity contribution in [2.24, 2.45) is 16.8 Å². The van der Waals surface area contributed by atoms with Gasteiger partial charge in [0.2, 0.25) is 0 Å². The second kappa shape index (κ2) is 7.51. The number of nitrogens with two attached hydrogens (primary N) is 1. The summed E-state index contributed by atoms with van der Waals surface area (Å²) in [6.07, 6.45) is 8.43. The quantitative estimate of drug-likeness (QED) is 0.189. The normalized spacial score (nSPS) is 17.7. The maximum absolute atomic E-state index is 8.32. The van der Waals surface area contributed by atoms with Crippen LogP contribution in [0, 0.1) is 5.92 Å². The Bertz CT molecular complexity index is 190. The molecule has 88 valence electrons. The smallest absolute Gasteiger partial charge is 0.139 e. The first kappa shape index (κ1) is 12.3. The minimum absolute atomic E-state index is 0.337. The average molecular weight is 213 g/mol. The average Bonchev–Trinajstić information content (AvgIpc) is 2.19. The first-order valence-corrected chi connectivity index (χ1v) is 6.00. The van der Waals surface area contributed by atoms with E-state index >= 15 is 0 Å².